The summed E-state index contributed by atoms with van der Waals surface area (Å²) in [5.74, 6) is 0. The van der Waals surface area contributed by atoms with Crippen LogP contribution in [-0.4, -0.2) is 27.6 Å². The lowest BCUT2D eigenvalue weighted by molar-refractivity contribution is -0.137. The van der Waals surface area contributed by atoms with E-state index in [0.29, 0.717) is 16.8 Å². The number of hydrogen-bond acceptors (Lipinski definition) is 5. The molecule has 3 rings (SSSR count). The van der Waals surface area contributed by atoms with E-state index in [0.717, 1.165) is 12.1 Å². The number of ether oxygens (including phenoxy) is 1. The summed E-state index contributed by atoms with van der Waals surface area (Å²) in [4.78, 5) is 17.4. The maximum absolute atomic E-state index is 12.9. The van der Waals surface area contributed by atoms with Gasteiger partial charge in [-0.2, -0.15) is 13.2 Å². The van der Waals surface area contributed by atoms with Crippen LogP contribution < -0.4 is 10.4 Å². The van der Waals surface area contributed by atoms with Crippen molar-refractivity contribution in [1.82, 2.24) is 14.8 Å². The molecular formula is C19H17F3N4O3. The van der Waals surface area contributed by atoms with Crippen LogP contribution in [0.2, 0.25) is 0 Å². The molecule has 0 unspecified atom stereocenters. The number of oxime groups is 1. The molecular weight excluding hydrogens is 389 g/mol. The molecule has 0 amide bonds. The number of para-hydroxylation sites is 1. The number of benzene rings is 2. The second-order valence-electron chi connectivity index (χ2n) is 6.01. The van der Waals surface area contributed by atoms with Gasteiger partial charge in [0.25, 0.3) is 0 Å². The Labute approximate surface area is 163 Å². The zero-order valence-corrected chi connectivity index (χ0v) is 15.5. The highest BCUT2D eigenvalue weighted by atomic mass is 19.4. The summed E-state index contributed by atoms with van der Waals surface area (Å²) in [6, 6.07) is 11.8. The van der Waals surface area contributed by atoms with Gasteiger partial charge in [-0.15, -0.1) is 5.10 Å². The van der Waals surface area contributed by atoms with Crippen molar-refractivity contribution in [2.24, 2.45) is 5.16 Å². The molecule has 0 atom stereocenters. The van der Waals surface area contributed by atoms with Crippen molar-refractivity contribution in [2.45, 2.75) is 19.7 Å². The summed E-state index contributed by atoms with van der Waals surface area (Å²) in [7, 11) is 1.38. The number of aromatic nitrogens is 3. The van der Waals surface area contributed by atoms with Crippen LogP contribution in [-0.2, 0) is 17.6 Å². The van der Waals surface area contributed by atoms with Gasteiger partial charge in [-0.1, -0.05) is 35.5 Å². The largest absolute Gasteiger partial charge is 0.467 e. The third kappa shape index (κ3) is 4.48. The average molecular weight is 406 g/mol. The van der Waals surface area contributed by atoms with Crippen molar-refractivity contribution in [3.63, 3.8) is 0 Å². The van der Waals surface area contributed by atoms with Crippen molar-refractivity contribution in [1.29, 1.82) is 0 Å². The molecule has 0 aliphatic carbocycles. The molecule has 1 heterocycles. The van der Waals surface area contributed by atoms with E-state index in [1.54, 1.807) is 31.2 Å². The van der Waals surface area contributed by atoms with E-state index in [1.807, 2.05) is 0 Å². The van der Waals surface area contributed by atoms with Gasteiger partial charge < -0.3 is 9.57 Å². The molecule has 0 radical (unpaired) electrons. The molecule has 7 nitrogen and oxygen atoms in total. The summed E-state index contributed by atoms with van der Waals surface area (Å²) >= 11 is 0. The Hall–Kier alpha value is -3.56. The monoisotopic (exact) mass is 406 g/mol. The number of methoxy groups -OCH3 is 1. The highest BCUT2D eigenvalue weighted by Crippen LogP contribution is 2.29. The van der Waals surface area contributed by atoms with E-state index < -0.39 is 17.4 Å². The normalized spacial score (nSPS) is 12.1. The van der Waals surface area contributed by atoms with Gasteiger partial charge >= 0.3 is 17.9 Å². The van der Waals surface area contributed by atoms with Crippen molar-refractivity contribution in [3.8, 4) is 11.7 Å². The zero-order valence-electron chi connectivity index (χ0n) is 15.5. The molecule has 0 fully saturated rings. The van der Waals surface area contributed by atoms with Crippen LogP contribution in [0.25, 0.3) is 5.69 Å². The van der Waals surface area contributed by atoms with Gasteiger partial charge in [0.05, 0.1) is 24.1 Å². The first-order valence-electron chi connectivity index (χ1n) is 8.45. The van der Waals surface area contributed by atoms with E-state index in [-0.39, 0.29) is 18.3 Å². The Balaban J connectivity index is 1.81. The topological polar surface area (TPSA) is 81.5 Å². The van der Waals surface area contributed by atoms with Gasteiger partial charge in [0.2, 0.25) is 0 Å². The van der Waals surface area contributed by atoms with Crippen LogP contribution in [0.5, 0.6) is 6.01 Å². The fourth-order valence-corrected chi connectivity index (χ4v) is 2.65. The molecule has 0 aliphatic rings. The smallest absolute Gasteiger partial charge is 0.416 e. The van der Waals surface area contributed by atoms with Gasteiger partial charge in [0, 0.05) is 5.56 Å². The van der Waals surface area contributed by atoms with Crippen LogP contribution in [0, 0.1) is 0 Å². The van der Waals surface area contributed by atoms with E-state index in [4.69, 9.17) is 9.57 Å². The maximum atomic E-state index is 12.9. The third-order valence-corrected chi connectivity index (χ3v) is 4.09. The summed E-state index contributed by atoms with van der Waals surface area (Å²) in [5, 5.41) is 9.98. The Morgan fingerprint density at radius 2 is 1.97 bits per heavy atom. The van der Waals surface area contributed by atoms with Gasteiger partial charge in [0.1, 0.15) is 6.61 Å². The number of nitrogens with zero attached hydrogens (tertiary/aromatic N) is 3. The fourth-order valence-electron chi connectivity index (χ4n) is 2.65. The molecule has 3 aromatic rings. The Morgan fingerprint density at radius 1 is 1.21 bits per heavy atom. The van der Waals surface area contributed by atoms with Gasteiger partial charge in [0.15, 0.2) is 0 Å². The minimum Gasteiger partial charge on any atom is -0.467 e. The molecule has 0 aliphatic heterocycles. The molecule has 1 N–H and O–H groups in total. The predicted molar refractivity (Wildman–Crippen MR) is 99.2 cm³/mol. The minimum absolute atomic E-state index is 0.0206. The highest BCUT2D eigenvalue weighted by molar-refractivity contribution is 5.98. The van der Waals surface area contributed by atoms with Crippen LogP contribution in [0.15, 0.2) is 58.5 Å². The number of alkyl halides is 3. The average Bonchev–Trinajstić information content (AvgIpc) is 3.08. The van der Waals surface area contributed by atoms with E-state index in [2.05, 4.69) is 15.4 Å². The van der Waals surface area contributed by atoms with Crippen molar-refractivity contribution >= 4 is 5.71 Å². The lowest BCUT2D eigenvalue weighted by Crippen LogP contribution is -2.17. The zero-order chi connectivity index (χ0) is 21.0. The minimum atomic E-state index is -4.44. The lowest BCUT2D eigenvalue weighted by Gasteiger charge is -2.11. The second kappa shape index (κ2) is 8.21. The number of aromatic amines is 1. The standard InChI is InChI=1S/C19H17F3N4O3/c1-12(13-7-5-8-15(10-13)19(20,21)22)25-29-11-14-6-3-4-9-16(14)26-17(27)23-24-18(26)28-2/h3-10H,11H2,1-2H3,(H,23,27)/b25-12+. The fraction of sp³-hybridized carbons (Fsp3) is 0.211. The van der Waals surface area contributed by atoms with E-state index in [9.17, 15) is 18.0 Å². The molecule has 0 bridgehead atoms. The molecule has 0 saturated carbocycles. The molecule has 0 saturated heterocycles. The SMILES string of the molecule is COc1n[nH]c(=O)n1-c1ccccc1CO/N=C(\C)c1cccc(C(F)(F)F)c1. The third-order valence-electron chi connectivity index (χ3n) is 4.09. The number of halogens is 3. The summed E-state index contributed by atoms with van der Waals surface area (Å²) in [6.07, 6.45) is -4.44. The maximum Gasteiger partial charge on any atom is 0.416 e. The van der Waals surface area contributed by atoms with Gasteiger partial charge in [-0.05, 0) is 30.7 Å². The Kier molecular flexibility index (Phi) is 5.71. The first kappa shape index (κ1) is 20.2. The van der Waals surface area contributed by atoms with Crippen molar-refractivity contribution in [3.05, 3.63) is 75.7 Å². The lowest BCUT2D eigenvalue weighted by atomic mass is 10.1. The van der Waals surface area contributed by atoms with Crippen LogP contribution in [0.3, 0.4) is 0 Å². The first-order chi connectivity index (χ1) is 13.8. The van der Waals surface area contributed by atoms with Crippen LogP contribution in [0.4, 0.5) is 13.2 Å². The van der Waals surface area contributed by atoms with E-state index >= 15 is 0 Å². The summed E-state index contributed by atoms with van der Waals surface area (Å²) in [6.45, 7) is 1.53. The molecule has 10 heteroatoms. The number of rotatable bonds is 6. The van der Waals surface area contributed by atoms with Crippen molar-refractivity contribution < 1.29 is 22.7 Å². The van der Waals surface area contributed by atoms with Crippen LogP contribution in [0.1, 0.15) is 23.6 Å². The first-order valence-corrected chi connectivity index (χ1v) is 8.45. The molecule has 2 aromatic carbocycles. The molecule has 1 aromatic heterocycles. The second-order valence-corrected chi connectivity index (χ2v) is 6.01. The number of hydrogen-bond donors (Lipinski definition) is 1. The Bertz CT molecular complexity index is 1090. The van der Waals surface area contributed by atoms with Crippen LogP contribution >= 0.6 is 0 Å². The highest BCUT2D eigenvalue weighted by Gasteiger charge is 2.30. The predicted octanol–water partition coefficient (Wildman–Crippen LogP) is 3.53. The number of nitrogens with one attached hydrogen (secondary N) is 1. The van der Waals surface area contributed by atoms with Gasteiger partial charge in [-0.25, -0.2) is 14.5 Å². The molecule has 29 heavy (non-hydrogen) atoms. The summed E-state index contributed by atoms with van der Waals surface area (Å²) in [5.41, 5.74) is 0.414. The van der Waals surface area contributed by atoms with Gasteiger partial charge in [-0.3, -0.25) is 0 Å². The van der Waals surface area contributed by atoms with Crippen molar-refractivity contribution in [2.75, 3.05) is 7.11 Å². The quantitative estimate of drug-likeness (QED) is 0.502. The number of H-pyrrole nitrogens is 1. The summed E-state index contributed by atoms with van der Waals surface area (Å²) < 4.78 is 44.9. The molecule has 0 spiro atoms. The Morgan fingerprint density at radius 3 is 2.69 bits per heavy atom. The van der Waals surface area contributed by atoms with E-state index in [1.165, 1.54) is 23.8 Å². The molecule has 152 valence electrons.